The zero-order chi connectivity index (χ0) is 20.6. The molecule has 0 aliphatic carbocycles. The first-order valence-corrected chi connectivity index (χ1v) is 10.6. The number of amides is 1. The Balaban J connectivity index is 1.68. The third kappa shape index (κ3) is 5.45. The molecule has 8 heteroatoms. The second-order valence-corrected chi connectivity index (χ2v) is 8.32. The van der Waals surface area contributed by atoms with E-state index >= 15 is 0 Å². The summed E-state index contributed by atoms with van der Waals surface area (Å²) in [7, 11) is 0. The highest BCUT2D eigenvalue weighted by molar-refractivity contribution is 7.23. The first-order valence-electron chi connectivity index (χ1n) is 8.97. The molecular weight excluding hydrogens is 408 g/mol. The molecule has 29 heavy (non-hydrogen) atoms. The van der Waals surface area contributed by atoms with Crippen molar-refractivity contribution in [2.45, 2.75) is 0 Å². The molecule has 0 bridgehead atoms. The van der Waals surface area contributed by atoms with E-state index in [0.29, 0.717) is 18.0 Å². The average molecular weight is 429 g/mol. The van der Waals surface area contributed by atoms with E-state index in [0.717, 1.165) is 25.9 Å². The maximum atomic E-state index is 11.4. The SMILES string of the molecule is O=NC(=O)c1ccc(-c2ccc(C=Cc3ccc(N(CCO)CCO)cc3)s2)s1. The van der Waals surface area contributed by atoms with Crippen LogP contribution in [0, 0.1) is 4.91 Å². The first-order chi connectivity index (χ1) is 14.1. The summed E-state index contributed by atoms with van der Waals surface area (Å²) in [5.74, 6) is -0.738. The molecule has 0 saturated carbocycles. The number of thiophene rings is 2. The lowest BCUT2D eigenvalue weighted by Crippen LogP contribution is -2.29. The third-order valence-electron chi connectivity index (χ3n) is 4.21. The highest BCUT2D eigenvalue weighted by Crippen LogP contribution is 2.34. The Bertz CT molecular complexity index is 986. The van der Waals surface area contributed by atoms with Gasteiger partial charge in [0.1, 0.15) is 0 Å². The molecule has 0 saturated heterocycles. The van der Waals surface area contributed by atoms with E-state index < -0.39 is 5.91 Å². The monoisotopic (exact) mass is 428 g/mol. The van der Waals surface area contributed by atoms with Gasteiger partial charge < -0.3 is 15.1 Å². The van der Waals surface area contributed by atoms with Gasteiger partial charge in [-0.15, -0.1) is 27.6 Å². The predicted octanol–water partition coefficient (Wildman–Crippen LogP) is 4.34. The fourth-order valence-corrected chi connectivity index (χ4v) is 4.67. The van der Waals surface area contributed by atoms with Crippen molar-refractivity contribution < 1.29 is 15.0 Å². The van der Waals surface area contributed by atoms with Gasteiger partial charge in [0.05, 0.1) is 18.1 Å². The molecule has 2 aromatic heterocycles. The van der Waals surface area contributed by atoms with Crippen LogP contribution in [0.25, 0.3) is 21.9 Å². The van der Waals surface area contributed by atoms with Crippen LogP contribution in [0.15, 0.2) is 53.7 Å². The van der Waals surface area contributed by atoms with Crippen LogP contribution in [0.3, 0.4) is 0 Å². The molecule has 2 heterocycles. The number of nitroso groups, excluding NO2 is 1. The molecule has 0 unspecified atom stereocenters. The second kappa shape index (κ2) is 10.2. The maximum absolute atomic E-state index is 11.4. The molecule has 0 aliphatic rings. The number of hydrogen-bond donors (Lipinski definition) is 2. The Kier molecular flexibility index (Phi) is 7.42. The topological polar surface area (TPSA) is 90.2 Å². The van der Waals surface area contributed by atoms with Gasteiger partial charge in [0.15, 0.2) is 0 Å². The summed E-state index contributed by atoms with van der Waals surface area (Å²) in [4.78, 5) is 27.0. The number of hydrogen-bond acceptors (Lipinski definition) is 7. The quantitative estimate of drug-likeness (QED) is 0.495. The molecule has 1 aromatic carbocycles. The summed E-state index contributed by atoms with van der Waals surface area (Å²) in [6.07, 6.45) is 4.04. The van der Waals surface area contributed by atoms with Crippen molar-refractivity contribution >= 4 is 46.4 Å². The molecule has 0 aliphatic heterocycles. The van der Waals surface area contributed by atoms with Crippen molar-refractivity contribution in [3.63, 3.8) is 0 Å². The van der Waals surface area contributed by atoms with Crippen LogP contribution in [0.2, 0.25) is 0 Å². The van der Waals surface area contributed by atoms with Gasteiger partial charge in [0, 0.05) is 38.6 Å². The Labute approximate surface area is 176 Å². The summed E-state index contributed by atoms with van der Waals surface area (Å²) in [6, 6.07) is 15.4. The number of benzene rings is 1. The molecule has 6 nitrogen and oxygen atoms in total. The van der Waals surface area contributed by atoms with E-state index in [1.807, 2.05) is 59.5 Å². The van der Waals surface area contributed by atoms with Crippen LogP contribution in [-0.2, 0) is 0 Å². The highest BCUT2D eigenvalue weighted by atomic mass is 32.1. The average Bonchev–Trinajstić information content (AvgIpc) is 3.41. The predicted molar refractivity (Wildman–Crippen MR) is 120 cm³/mol. The molecule has 0 atom stereocenters. The molecular formula is C21H20N2O4S2. The van der Waals surface area contributed by atoms with Gasteiger partial charge in [-0.1, -0.05) is 18.2 Å². The minimum absolute atomic E-state index is 0.0356. The standard InChI is InChI=1S/C21H20N2O4S2/c24-13-11-23(12-14-25)16-4-1-15(2-5-16)3-6-17-7-8-18(28-17)19-9-10-20(29-19)21(26)22-27/h1-10,24-25H,11-14H2. The van der Waals surface area contributed by atoms with Crippen LogP contribution in [0.5, 0.6) is 0 Å². The number of aliphatic hydroxyl groups excluding tert-OH is 2. The molecule has 3 rings (SSSR count). The van der Waals surface area contributed by atoms with Crippen molar-refractivity contribution in [1.82, 2.24) is 0 Å². The molecule has 1 amide bonds. The van der Waals surface area contributed by atoms with Crippen molar-refractivity contribution in [2.24, 2.45) is 5.18 Å². The lowest BCUT2D eigenvalue weighted by atomic mass is 10.1. The number of carbonyl (C=O) groups is 1. The molecule has 2 N–H and O–H groups in total. The molecule has 3 aromatic rings. The maximum Gasteiger partial charge on any atom is 0.326 e. The molecule has 0 fully saturated rings. The molecule has 0 radical (unpaired) electrons. The Morgan fingerprint density at radius 3 is 2.21 bits per heavy atom. The highest BCUT2D eigenvalue weighted by Gasteiger charge is 2.11. The van der Waals surface area contributed by atoms with E-state index in [2.05, 4.69) is 5.18 Å². The van der Waals surface area contributed by atoms with Crippen LogP contribution in [0.4, 0.5) is 5.69 Å². The fraction of sp³-hybridized carbons (Fsp3) is 0.190. The van der Waals surface area contributed by atoms with Gasteiger partial charge in [-0.05, 0) is 48.0 Å². The lowest BCUT2D eigenvalue weighted by Gasteiger charge is -2.22. The lowest BCUT2D eigenvalue weighted by molar-refractivity contribution is 0.100. The Hall–Kier alpha value is -2.65. The van der Waals surface area contributed by atoms with Gasteiger partial charge in [-0.3, -0.25) is 4.79 Å². The summed E-state index contributed by atoms with van der Waals surface area (Å²) in [5, 5.41) is 20.8. The van der Waals surface area contributed by atoms with E-state index in [1.165, 1.54) is 11.3 Å². The van der Waals surface area contributed by atoms with Gasteiger partial charge >= 0.3 is 5.91 Å². The van der Waals surface area contributed by atoms with Crippen molar-refractivity contribution in [3.05, 3.63) is 68.8 Å². The van der Waals surface area contributed by atoms with Gasteiger partial charge in [-0.25, -0.2) is 0 Å². The normalized spacial score (nSPS) is 11.1. The summed E-state index contributed by atoms with van der Waals surface area (Å²) < 4.78 is 0. The third-order valence-corrected chi connectivity index (χ3v) is 6.53. The van der Waals surface area contributed by atoms with Crippen LogP contribution >= 0.6 is 22.7 Å². The number of aliphatic hydroxyl groups is 2. The number of carbonyl (C=O) groups excluding carboxylic acids is 1. The van der Waals surface area contributed by atoms with E-state index in [-0.39, 0.29) is 13.2 Å². The molecule has 0 spiro atoms. The minimum Gasteiger partial charge on any atom is -0.395 e. The van der Waals surface area contributed by atoms with Gasteiger partial charge in [0.2, 0.25) is 0 Å². The number of anilines is 1. The van der Waals surface area contributed by atoms with E-state index in [1.54, 1.807) is 17.4 Å². The summed E-state index contributed by atoms with van der Waals surface area (Å²) in [6.45, 7) is 1.03. The van der Waals surface area contributed by atoms with Gasteiger partial charge in [-0.2, -0.15) is 0 Å². The first kappa shape index (κ1) is 21.1. The largest absolute Gasteiger partial charge is 0.395 e. The van der Waals surface area contributed by atoms with E-state index in [9.17, 15) is 9.70 Å². The minimum atomic E-state index is -0.738. The van der Waals surface area contributed by atoms with Crippen LogP contribution in [0.1, 0.15) is 20.1 Å². The number of rotatable bonds is 9. The smallest absolute Gasteiger partial charge is 0.326 e. The van der Waals surface area contributed by atoms with Crippen molar-refractivity contribution in [2.75, 3.05) is 31.2 Å². The zero-order valence-electron chi connectivity index (χ0n) is 15.5. The zero-order valence-corrected chi connectivity index (χ0v) is 17.2. The molecule has 150 valence electrons. The van der Waals surface area contributed by atoms with E-state index in [4.69, 9.17) is 10.2 Å². The Morgan fingerprint density at radius 2 is 1.55 bits per heavy atom. The Morgan fingerprint density at radius 1 is 0.897 bits per heavy atom. The fourth-order valence-electron chi connectivity index (χ4n) is 2.79. The van der Waals surface area contributed by atoms with Crippen molar-refractivity contribution in [3.8, 4) is 9.75 Å². The second-order valence-electron chi connectivity index (χ2n) is 6.12. The van der Waals surface area contributed by atoms with Crippen LogP contribution in [-0.4, -0.2) is 42.4 Å². The summed E-state index contributed by atoms with van der Waals surface area (Å²) in [5.41, 5.74) is 1.99. The summed E-state index contributed by atoms with van der Waals surface area (Å²) >= 11 is 2.86. The van der Waals surface area contributed by atoms with Crippen LogP contribution < -0.4 is 4.90 Å². The van der Waals surface area contributed by atoms with Gasteiger partial charge in [0.25, 0.3) is 0 Å². The van der Waals surface area contributed by atoms with Crippen molar-refractivity contribution in [1.29, 1.82) is 0 Å². The number of nitrogens with zero attached hydrogens (tertiary/aromatic N) is 2.